The quantitative estimate of drug-likeness (QED) is 0.450. The Morgan fingerprint density at radius 2 is 1.52 bits per heavy atom. The van der Waals surface area contributed by atoms with Gasteiger partial charge in [0.25, 0.3) is 0 Å². The maximum absolute atomic E-state index is 11.9. The molecule has 2 aromatic carbocycles. The number of nitrogens with zero attached hydrogens (tertiary/aromatic N) is 2. The van der Waals surface area contributed by atoms with E-state index in [4.69, 9.17) is 9.47 Å². The number of hydrogen-bond donors (Lipinski definition) is 0. The molecule has 0 aromatic heterocycles. The third-order valence-corrected chi connectivity index (χ3v) is 3.54. The summed E-state index contributed by atoms with van der Waals surface area (Å²) < 4.78 is 11.5. The molecular formula is C20H24N2O3. The van der Waals surface area contributed by atoms with Crippen LogP contribution in [0.5, 0.6) is 17.2 Å². The third-order valence-electron chi connectivity index (χ3n) is 3.54. The van der Waals surface area contributed by atoms with Crippen LogP contribution in [-0.2, 0) is 4.79 Å². The second-order valence-electron chi connectivity index (χ2n) is 6.16. The summed E-state index contributed by atoms with van der Waals surface area (Å²) in [6.07, 6.45) is 0. The highest BCUT2D eigenvalue weighted by atomic mass is 16.5. The van der Waals surface area contributed by atoms with Gasteiger partial charge in [0, 0.05) is 39.8 Å². The van der Waals surface area contributed by atoms with Crippen LogP contribution in [0.3, 0.4) is 0 Å². The predicted molar refractivity (Wildman–Crippen MR) is 102 cm³/mol. The summed E-state index contributed by atoms with van der Waals surface area (Å²) in [5, 5.41) is 0. The molecule has 0 fully saturated rings. The zero-order valence-corrected chi connectivity index (χ0v) is 15.4. The fourth-order valence-corrected chi connectivity index (χ4v) is 2.24. The van der Waals surface area contributed by atoms with Crippen LogP contribution in [0.2, 0.25) is 0 Å². The molecule has 132 valence electrons. The molecule has 0 amide bonds. The van der Waals surface area contributed by atoms with Crippen molar-refractivity contribution in [3.05, 3.63) is 54.6 Å². The Bertz CT molecular complexity index is 782. The largest absolute Gasteiger partial charge is 0.455 e. The van der Waals surface area contributed by atoms with E-state index in [0.717, 1.165) is 17.1 Å². The van der Waals surface area contributed by atoms with Crippen molar-refractivity contribution >= 4 is 17.3 Å². The fourth-order valence-electron chi connectivity index (χ4n) is 2.24. The molecule has 0 spiro atoms. The molecule has 0 aliphatic heterocycles. The lowest BCUT2D eigenvalue weighted by Crippen LogP contribution is -2.14. The first-order valence-electron chi connectivity index (χ1n) is 7.93. The monoisotopic (exact) mass is 340 g/mol. The Balaban J connectivity index is 2.37. The topological polar surface area (TPSA) is 42.0 Å². The van der Waals surface area contributed by atoms with Crippen LogP contribution in [0.25, 0.3) is 0 Å². The first-order chi connectivity index (χ1) is 11.8. The molecule has 0 unspecified atom stereocenters. The molecule has 5 nitrogen and oxygen atoms in total. The number of para-hydroxylation sites is 2. The smallest absolute Gasteiger partial charge is 0.338 e. The lowest BCUT2D eigenvalue weighted by atomic mass is 10.2. The second kappa shape index (κ2) is 7.75. The van der Waals surface area contributed by atoms with Crippen LogP contribution >= 0.6 is 0 Å². The molecule has 25 heavy (non-hydrogen) atoms. The Hall–Kier alpha value is -2.95. The highest BCUT2D eigenvalue weighted by Gasteiger charge is 2.14. The molecule has 5 heteroatoms. The molecular weight excluding hydrogens is 316 g/mol. The van der Waals surface area contributed by atoms with Crippen LogP contribution in [0, 0.1) is 0 Å². The Morgan fingerprint density at radius 1 is 0.920 bits per heavy atom. The summed E-state index contributed by atoms with van der Waals surface area (Å²) in [7, 11) is 7.68. The number of anilines is 2. The van der Waals surface area contributed by atoms with Crippen molar-refractivity contribution in [3.8, 4) is 17.2 Å². The third kappa shape index (κ3) is 4.53. The van der Waals surface area contributed by atoms with E-state index in [2.05, 4.69) is 6.58 Å². The van der Waals surface area contributed by atoms with Crippen LogP contribution in [0.15, 0.2) is 54.6 Å². The van der Waals surface area contributed by atoms with Gasteiger partial charge in [0.05, 0.1) is 11.4 Å². The number of benzene rings is 2. The van der Waals surface area contributed by atoms with Crippen molar-refractivity contribution in [3.63, 3.8) is 0 Å². The number of esters is 1. The molecule has 2 aromatic rings. The molecule has 0 N–H and O–H groups in total. The lowest BCUT2D eigenvalue weighted by molar-refractivity contribution is -0.130. The number of hydrogen-bond acceptors (Lipinski definition) is 5. The van der Waals surface area contributed by atoms with Gasteiger partial charge in [-0.25, -0.2) is 4.79 Å². The summed E-state index contributed by atoms with van der Waals surface area (Å²) in [5.74, 6) is 1.28. The van der Waals surface area contributed by atoms with Gasteiger partial charge in [-0.15, -0.1) is 0 Å². The zero-order chi connectivity index (χ0) is 18.6. The van der Waals surface area contributed by atoms with Crippen LogP contribution in [0.1, 0.15) is 6.92 Å². The van der Waals surface area contributed by atoms with Crippen LogP contribution < -0.4 is 19.3 Å². The van der Waals surface area contributed by atoms with Gasteiger partial charge in [0.1, 0.15) is 5.75 Å². The minimum absolute atomic E-state index is 0.342. The zero-order valence-electron chi connectivity index (χ0n) is 15.4. The average molecular weight is 340 g/mol. The van der Waals surface area contributed by atoms with Gasteiger partial charge < -0.3 is 19.3 Å². The first kappa shape index (κ1) is 18.4. The van der Waals surface area contributed by atoms with Gasteiger partial charge in [0.15, 0.2) is 11.5 Å². The van der Waals surface area contributed by atoms with E-state index >= 15 is 0 Å². The van der Waals surface area contributed by atoms with E-state index in [1.165, 1.54) is 0 Å². The summed E-state index contributed by atoms with van der Waals surface area (Å²) >= 11 is 0. The van der Waals surface area contributed by atoms with E-state index in [1.54, 1.807) is 13.0 Å². The fraction of sp³-hybridized carbons (Fsp3) is 0.250. The number of rotatable bonds is 6. The average Bonchev–Trinajstić information content (AvgIpc) is 2.55. The normalized spacial score (nSPS) is 10.1. The number of carbonyl (C=O) groups excluding carboxylic acids is 1. The molecule has 0 bridgehead atoms. The first-order valence-corrected chi connectivity index (χ1v) is 7.93. The van der Waals surface area contributed by atoms with Gasteiger partial charge in [-0.3, -0.25) is 0 Å². The molecule has 0 aliphatic rings. The van der Waals surface area contributed by atoms with Gasteiger partial charge in [-0.1, -0.05) is 18.7 Å². The minimum atomic E-state index is -0.464. The van der Waals surface area contributed by atoms with Gasteiger partial charge in [0.2, 0.25) is 0 Å². The van der Waals surface area contributed by atoms with E-state index < -0.39 is 5.97 Å². The van der Waals surface area contributed by atoms with Crippen molar-refractivity contribution in [1.82, 2.24) is 0 Å². The maximum atomic E-state index is 11.9. The molecule has 0 radical (unpaired) electrons. The second-order valence-corrected chi connectivity index (χ2v) is 6.16. The standard InChI is InChI=1S/C20H24N2O3/c1-14(2)20(23)25-19-13-15(11-12-17(19)22(5)6)24-18-10-8-7-9-16(18)21(3)4/h7-13H,1H2,2-6H3. The predicted octanol–water partition coefficient (Wildman–Crippen LogP) is 4.09. The van der Waals surface area contributed by atoms with Gasteiger partial charge in [-0.2, -0.15) is 0 Å². The Morgan fingerprint density at radius 3 is 2.12 bits per heavy atom. The van der Waals surface area contributed by atoms with Gasteiger partial charge in [-0.05, 0) is 31.2 Å². The Labute approximate surface area is 149 Å². The molecule has 0 saturated heterocycles. The lowest BCUT2D eigenvalue weighted by Gasteiger charge is -2.20. The van der Waals surface area contributed by atoms with E-state index in [9.17, 15) is 4.79 Å². The summed E-state index contributed by atoms with van der Waals surface area (Å²) in [5.41, 5.74) is 2.08. The maximum Gasteiger partial charge on any atom is 0.338 e. The highest BCUT2D eigenvalue weighted by Crippen LogP contribution is 2.36. The van der Waals surface area contributed by atoms with Crippen LogP contribution in [-0.4, -0.2) is 34.2 Å². The van der Waals surface area contributed by atoms with Crippen molar-refractivity contribution in [2.75, 3.05) is 38.0 Å². The SMILES string of the molecule is C=C(C)C(=O)Oc1cc(Oc2ccccc2N(C)C)ccc1N(C)C. The molecule has 0 aliphatic carbocycles. The minimum Gasteiger partial charge on any atom is -0.455 e. The van der Waals surface area contributed by atoms with Crippen molar-refractivity contribution in [2.24, 2.45) is 0 Å². The van der Waals surface area contributed by atoms with E-state index in [-0.39, 0.29) is 0 Å². The van der Waals surface area contributed by atoms with E-state index in [1.807, 2.05) is 74.4 Å². The molecule has 2 rings (SSSR count). The molecule has 0 atom stereocenters. The van der Waals surface area contributed by atoms with Crippen molar-refractivity contribution in [1.29, 1.82) is 0 Å². The number of carbonyl (C=O) groups is 1. The summed E-state index contributed by atoms with van der Waals surface area (Å²) in [6.45, 7) is 5.24. The Kier molecular flexibility index (Phi) is 5.70. The van der Waals surface area contributed by atoms with Crippen LogP contribution in [0.4, 0.5) is 11.4 Å². The number of ether oxygens (including phenoxy) is 2. The summed E-state index contributed by atoms with van der Waals surface area (Å²) in [6, 6.07) is 13.2. The van der Waals surface area contributed by atoms with Gasteiger partial charge >= 0.3 is 5.97 Å². The van der Waals surface area contributed by atoms with Crippen molar-refractivity contribution in [2.45, 2.75) is 6.92 Å². The van der Waals surface area contributed by atoms with E-state index in [0.29, 0.717) is 17.1 Å². The molecule has 0 saturated carbocycles. The highest BCUT2D eigenvalue weighted by molar-refractivity contribution is 5.89. The molecule has 0 heterocycles. The summed E-state index contributed by atoms with van der Waals surface area (Å²) in [4.78, 5) is 15.8. The van der Waals surface area contributed by atoms with Crippen molar-refractivity contribution < 1.29 is 14.3 Å².